The predicted octanol–water partition coefficient (Wildman–Crippen LogP) is 3.67. The van der Waals surface area contributed by atoms with Gasteiger partial charge in [-0.25, -0.2) is 0 Å². The number of nitrogens with two attached hydrogens (primary N) is 1. The molecule has 2 aromatic rings. The Morgan fingerprint density at radius 1 is 1.18 bits per heavy atom. The number of methoxy groups -OCH3 is 1. The van der Waals surface area contributed by atoms with Crippen LogP contribution in [0.2, 0.25) is 0 Å². The number of hydrogen-bond acceptors (Lipinski definition) is 4. The highest BCUT2D eigenvalue weighted by atomic mass is 35.5. The zero-order valence-electron chi connectivity index (χ0n) is 15.8. The largest absolute Gasteiger partial charge is 0.469 e. The first-order valence-electron chi connectivity index (χ1n) is 9.39. The lowest BCUT2D eigenvalue weighted by atomic mass is 9.42. The maximum atomic E-state index is 13.1. The molecule has 4 unspecified atom stereocenters. The van der Waals surface area contributed by atoms with Gasteiger partial charge in [0, 0.05) is 36.0 Å². The van der Waals surface area contributed by atoms with Crippen molar-refractivity contribution in [1.82, 2.24) is 5.32 Å². The van der Waals surface area contributed by atoms with Gasteiger partial charge >= 0.3 is 5.97 Å². The Bertz CT molecular complexity index is 906. The van der Waals surface area contributed by atoms with E-state index in [0.29, 0.717) is 6.54 Å². The predicted molar refractivity (Wildman–Crippen MR) is 115 cm³/mol. The van der Waals surface area contributed by atoms with Gasteiger partial charge < -0.3 is 15.8 Å². The van der Waals surface area contributed by atoms with Crippen molar-refractivity contribution in [3.8, 4) is 0 Å². The molecule has 2 aromatic carbocycles. The number of halogens is 2. The van der Waals surface area contributed by atoms with Crippen molar-refractivity contribution in [2.24, 2.45) is 11.3 Å². The average Bonchev–Trinajstić information content (AvgIpc) is 3.15. The minimum Gasteiger partial charge on any atom is -0.469 e. The Kier molecular flexibility index (Phi) is 5.43. The lowest BCUT2D eigenvalue weighted by Gasteiger charge is -2.59. The Balaban J connectivity index is 0.00000112. The molecule has 3 aliphatic carbocycles. The monoisotopic (exact) mass is 420 g/mol. The van der Waals surface area contributed by atoms with Gasteiger partial charge in [0.15, 0.2) is 0 Å². The molecule has 4 nitrogen and oxygen atoms in total. The summed E-state index contributed by atoms with van der Waals surface area (Å²) in [5, 5.41) is 3.53. The number of carbonyl (C=O) groups is 1. The van der Waals surface area contributed by atoms with E-state index in [2.05, 4.69) is 41.7 Å². The average molecular weight is 421 g/mol. The zero-order chi connectivity index (χ0) is 17.9. The van der Waals surface area contributed by atoms with Crippen LogP contribution in [0.15, 0.2) is 48.5 Å². The number of fused-ring (bicyclic) bond motifs is 1. The van der Waals surface area contributed by atoms with Crippen LogP contribution in [0.1, 0.15) is 35.4 Å². The minimum absolute atomic E-state index is 0. The van der Waals surface area contributed by atoms with E-state index < -0.39 is 5.41 Å². The normalized spacial score (nSPS) is 31.8. The van der Waals surface area contributed by atoms with E-state index in [9.17, 15) is 4.79 Å². The van der Waals surface area contributed by atoms with Crippen LogP contribution in [-0.4, -0.2) is 26.2 Å². The molecule has 1 aliphatic heterocycles. The van der Waals surface area contributed by atoms with Crippen LogP contribution in [-0.2, 0) is 14.9 Å². The third-order valence-corrected chi connectivity index (χ3v) is 7.22. The van der Waals surface area contributed by atoms with Gasteiger partial charge in [-0.15, -0.1) is 24.8 Å². The van der Waals surface area contributed by atoms with Crippen LogP contribution in [0.5, 0.6) is 0 Å². The SMILES string of the molecule is COC(=O)C12CNCC1C1(c3cccc(N)c3)CCC2c2ccccc21.Cl.Cl. The summed E-state index contributed by atoms with van der Waals surface area (Å²) in [7, 11) is 1.52. The molecule has 0 radical (unpaired) electrons. The third-order valence-electron chi connectivity index (χ3n) is 7.22. The lowest BCUT2D eigenvalue weighted by molar-refractivity contribution is -0.161. The van der Waals surface area contributed by atoms with Crippen molar-refractivity contribution in [2.75, 3.05) is 25.9 Å². The van der Waals surface area contributed by atoms with Gasteiger partial charge in [0.2, 0.25) is 0 Å². The molecule has 4 atom stereocenters. The highest BCUT2D eigenvalue weighted by molar-refractivity contribution is 5.85. The number of nitrogen functional groups attached to an aromatic ring is 1. The van der Waals surface area contributed by atoms with Gasteiger partial charge in [-0.2, -0.15) is 0 Å². The van der Waals surface area contributed by atoms with Gasteiger partial charge in [0.05, 0.1) is 12.5 Å². The number of benzene rings is 2. The van der Waals surface area contributed by atoms with Crippen molar-refractivity contribution in [1.29, 1.82) is 0 Å². The molecule has 6 heteroatoms. The molecule has 0 amide bonds. The first-order chi connectivity index (χ1) is 12.6. The maximum absolute atomic E-state index is 13.1. The molecule has 1 saturated carbocycles. The summed E-state index contributed by atoms with van der Waals surface area (Å²) >= 11 is 0. The number of esters is 1. The van der Waals surface area contributed by atoms with Crippen LogP contribution in [0, 0.1) is 11.3 Å². The van der Waals surface area contributed by atoms with E-state index in [4.69, 9.17) is 10.5 Å². The fraction of sp³-hybridized carbons (Fsp3) is 0.409. The van der Waals surface area contributed by atoms with E-state index in [-0.39, 0.29) is 48.0 Å². The fourth-order valence-electron chi connectivity index (χ4n) is 6.34. The summed E-state index contributed by atoms with van der Waals surface area (Å²) in [6, 6.07) is 16.9. The zero-order valence-corrected chi connectivity index (χ0v) is 17.4. The molecule has 4 aliphatic rings. The Labute approximate surface area is 178 Å². The molecular formula is C22H26Cl2N2O2. The van der Waals surface area contributed by atoms with Crippen molar-refractivity contribution < 1.29 is 9.53 Å². The van der Waals surface area contributed by atoms with E-state index in [1.807, 2.05) is 12.1 Å². The Morgan fingerprint density at radius 2 is 1.96 bits per heavy atom. The number of anilines is 1. The van der Waals surface area contributed by atoms with E-state index in [1.54, 1.807) is 0 Å². The number of nitrogens with one attached hydrogen (secondary N) is 1. The van der Waals surface area contributed by atoms with Gasteiger partial charge in [0.1, 0.15) is 0 Å². The smallest absolute Gasteiger partial charge is 0.314 e. The molecule has 1 saturated heterocycles. The fourth-order valence-corrected chi connectivity index (χ4v) is 6.34. The van der Waals surface area contributed by atoms with Crippen molar-refractivity contribution in [2.45, 2.75) is 24.2 Å². The molecule has 3 N–H and O–H groups in total. The highest BCUT2D eigenvalue weighted by Gasteiger charge is 2.69. The quantitative estimate of drug-likeness (QED) is 0.574. The van der Waals surface area contributed by atoms with Crippen molar-refractivity contribution in [3.05, 3.63) is 65.2 Å². The molecule has 2 fully saturated rings. The molecule has 2 bridgehead atoms. The van der Waals surface area contributed by atoms with Crippen LogP contribution in [0.3, 0.4) is 0 Å². The summed E-state index contributed by atoms with van der Waals surface area (Å²) in [5.41, 5.74) is 10.2. The van der Waals surface area contributed by atoms with Crippen LogP contribution in [0.4, 0.5) is 5.69 Å². The Morgan fingerprint density at radius 3 is 2.71 bits per heavy atom. The minimum atomic E-state index is -0.494. The van der Waals surface area contributed by atoms with Crippen LogP contribution >= 0.6 is 24.8 Å². The summed E-state index contributed by atoms with van der Waals surface area (Å²) in [5.74, 6) is 0.326. The third kappa shape index (κ3) is 2.38. The van der Waals surface area contributed by atoms with Crippen LogP contribution < -0.4 is 11.1 Å². The van der Waals surface area contributed by atoms with Crippen LogP contribution in [0.25, 0.3) is 0 Å². The molecule has 28 heavy (non-hydrogen) atoms. The number of ether oxygens (including phenoxy) is 1. The van der Waals surface area contributed by atoms with E-state index in [0.717, 1.165) is 25.1 Å². The second-order valence-electron chi connectivity index (χ2n) is 7.99. The summed E-state index contributed by atoms with van der Waals surface area (Å²) in [6.07, 6.45) is 2.04. The first kappa shape index (κ1) is 21.0. The molecule has 0 aromatic heterocycles. The summed E-state index contributed by atoms with van der Waals surface area (Å²) < 4.78 is 5.36. The van der Waals surface area contributed by atoms with Gasteiger partial charge in [-0.1, -0.05) is 36.4 Å². The van der Waals surface area contributed by atoms with E-state index in [1.165, 1.54) is 23.8 Å². The summed E-state index contributed by atoms with van der Waals surface area (Å²) in [6.45, 7) is 1.52. The lowest BCUT2D eigenvalue weighted by Crippen LogP contribution is -2.60. The standard InChI is InChI=1S/C22H24N2O2.2ClH/c1-26-20(25)22-13-24-12-19(22)21(14-5-4-6-15(23)11-14)10-9-18(22)16-7-2-3-8-17(16)21;;/h2-8,11,18-19,24H,9-10,12-13,23H2,1H3;2*1H. The second kappa shape index (κ2) is 7.25. The Hall–Kier alpha value is -1.75. The number of hydrogen-bond donors (Lipinski definition) is 2. The second-order valence-corrected chi connectivity index (χ2v) is 7.99. The van der Waals surface area contributed by atoms with Crippen molar-refractivity contribution >= 4 is 36.5 Å². The number of carbonyl (C=O) groups excluding carboxylic acids is 1. The summed E-state index contributed by atoms with van der Waals surface area (Å²) in [4.78, 5) is 13.1. The first-order valence-corrected chi connectivity index (χ1v) is 9.39. The highest BCUT2D eigenvalue weighted by Crippen LogP contribution is 2.68. The van der Waals surface area contributed by atoms with Crippen molar-refractivity contribution in [3.63, 3.8) is 0 Å². The molecule has 0 spiro atoms. The maximum Gasteiger partial charge on any atom is 0.314 e. The number of rotatable bonds is 2. The molecule has 6 rings (SSSR count). The molecule has 1 heterocycles. The molecule has 150 valence electrons. The topological polar surface area (TPSA) is 64.3 Å². The van der Waals surface area contributed by atoms with Gasteiger partial charge in [-0.3, -0.25) is 4.79 Å². The van der Waals surface area contributed by atoms with Gasteiger partial charge in [-0.05, 0) is 41.7 Å². The van der Waals surface area contributed by atoms with E-state index >= 15 is 0 Å². The van der Waals surface area contributed by atoms with Gasteiger partial charge in [0.25, 0.3) is 0 Å². The molecular weight excluding hydrogens is 395 g/mol.